The number of aryl methyl sites for hydroxylation is 1. The molecule has 0 unspecified atom stereocenters. The second-order valence-corrected chi connectivity index (χ2v) is 8.76. The van der Waals surface area contributed by atoms with Crippen molar-refractivity contribution in [3.63, 3.8) is 0 Å². The van der Waals surface area contributed by atoms with Gasteiger partial charge in [-0.3, -0.25) is 0 Å². The number of nitrogens with two attached hydrogens (primary N) is 1. The van der Waals surface area contributed by atoms with Gasteiger partial charge in [0.25, 0.3) is 0 Å². The molecule has 0 saturated carbocycles. The number of pyridine rings is 1. The first kappa shape index (κ1) is 18.2. The van der Waals surface area contributed by atoms with E-state index in [0.29, 0.717) is 5.82 Å². The lowest BCUT2D eigenvalue weighted by atomic mass is 10.2. The van der Waals surface area contributed by atoms with Gasteiger partial charge in [-0.2, -0.15) is 5.10 Å². The first-order valence-corrected chi connectivity index (χ1v) is 11.1. The molecule has 156 valence electrons. The van der Waals surface area contributed by atoms with Crippen LogP contribution in [0.4, 0.5) is 17.5 Å². The minimum absolute atomic E-state index is 0.470. The molecular formula is C22H22N8S. The highest BCUT2D eigenvalue weighted by Crippen LogP contribution is 2.37. The molecule has 5 heterocycles. The average Bonchev–Trinajstić information content (AvgIpc) is 3.53. The number of nitrogen functional groups attached to an aromatic ring is 1. The summed E-state index contributed by atoms with van der Waals surface area (Å²) in [5.41, 5.74) is 10.3. The van der Waals surface area contributed by atoms with E-state index in [0.717, 1.165) is 58.4 Å². The van der Waals surface area contributed by atoms with Crippen LogP contribution in [-0.4, -0.2) is 50.5 Å². The van der Waals surface area contributed by atoms with Gasteiger partial charge in [0.15, 0.2) is 5.82 Å². The van der Waals surface area contributed by atoms with Crippen molar-refractivity contribution in [1.82, 2.24) is 24.3 Å². The summed E-state index contributed by atoms with van der Waals surface area (Å²) in [5.74, 6) is 1.41. The van der Waals surface area contributed by atoms with Crippen LogP contribution in [0.25, 0.3) is 26.3 Å². The van der Waals surface area contributed by atoms with Crippen molar-refractivity contribution < 1.29 is 0 Å². The molecule has 0 aliphatic carbocycles. The van der Waals surface area contributed by atoms with E-state index in [2.05, 4.69) is 61.8 Å². The van der Waals surface area contributed by atoms with Crippen molar-refractivity contribution in [2.45, 2.75) is 0 Å². The molecule has 1 saturated heterocycles. The molecule has 9 heteroatoms. The van der Waals surface area contributed by atoms with Crippen molar-refractivity contribution in [3.05, 3.63) is 54.9 Å². The predicted octanol–water partition coefficient (Wildman–Crippen LogP) is 3.28. The van der Waals surface area contributed by atoms with E-state index >= 15 is 0 Å². The fourth-order valence-corrected chi connectivity index (χ4v) is 5.45. The van der Waals surface area contributed by atoms with Crippen LogP contribution < -0.4 is 15.5 Å². The first-order valence-electron chi connectivity index (χ1n) is 10.3. The minimum Gasteiger partial charge on any atom is -0.382 e. The Hall–Kier alpha value is -3.59. The molecule has 1 aromatic carbocycles. The summed E-state index contributed by atoms with van der Waals surface area (Å²) in [6.07, 6.45) is 3.71. The van der Waals surface area contributed by atoms with Crippen LogP contribution >= 0.6 is 11.3 Å². The highest BCUT2D eigenvalue weighted by Gasteiger charge is 2.24. The zero-order valence-corrected chi connectivity index (χ0v) is 18.0. The van der Waals surface area contributed by atoms with Gasteiger partial charge >= 0.3 is 0 Å². The lowest BCUT2D eigenvalue weighted by Gasteiger charge is -2.36. The molecule has 0 atom stereocenters. The number of nitrogens with zero attached hydrogens (tertiary/aromatic N) is 7. The van der Waals surface area contributed by atoms with Crippen LogP contribution in [0.5, 0.6) is 0 Å². The molecule has 1 aliphatic rings. The Kier molecular flexibility index (Phi) is 4.10. The summed E-state index contributed by atoms with van der Waals surface area (Å²) in [6.45, 7) is 3.73. The molecule has 8 nitrogen and oxygen atoms in total. The Morgan fingerprint density at radius 3 is 2.48 bits per heavy atom. The average molecular weight is 431 g/mol. The molecule has 1 aliphatic heterocycles. The molecule has 0 amide bonds. The first-order chi connectivity index (χ1) is 15.2. The number of benzene rings is 1. The van der Waals surface area contributed by atoms with Crippen LogP contribution in [-0.2, 0) is 7.05 Å². The number of thiophene rings is 1. The van der Waals surface area contributed by atoms with Crippen molar-refractivity contribution >= 4 is 50.0 Å². The van der Waals surface area contributed by atoms with Gasteiger partial charge in [-0.15, -0.1) is 11.3 Å². The maximum absolute atomic E-state index is 6.33. The van der Waals surface area contributed by atoms with Crippen LogP contribution in [0.3, 0.4) is 0 Å². The number of aromatic nitrogens is 5. The highest BCUT2D eigenvalue weighted by atomic mass is 32.1. The van der Waals surface area contributed by atoms with E-state index in [1.54, 1.807) is 17.5 Å². The van der Waals surface area contributed by atoms with Crippen molar-refractivity contribution in [3.8, 4) is 5.00 Å². The molecule has 4 aromatic heterocycles. The Bertz CT molecular complexity index is 1360. The standard InChI is InChI=1S/C22H22N8S/c1-27-19-18(21(23)25-16-14-17(31-20(16)19)30-9-5-8-24-30)26-22(27)29-12-10-28(11-13-29)15-6-3-2-4-7-15/h2-9,14H,10-13H2,1H3,(H2,23,25). The molecule has 0 spiro atoms. The third-order valence-corrected chi connectivity index (χ3v) is 7.00. The summed E-state index contributed by atoms with van der Waals surface area (Å²) in [5, 5.41) is 5.36. The highest BCUT2D eigenvalue weighted by molar-refractivity contribution is 7.22. The number of para-hydroxylation sites is 1. The van der Waals surface area contributed by atoms with E-state index in [1.165, 1.54) is 5.69 Å². The van der Waals surface area contributed by atoms with Gasteiger partial charge in [0, 0.05) is 57.4 Å². The fourth-order valence-electron chi connectivity index (χ4n) is 4.33. The Balaban J connectivity index is 1.37. The lowest BCUT2D eigenvalue weighted by Crippen LogP contribution is -2.47. The van der Waals surface area contributed by atoms with Gasteiger partial charge in [0.2, 0.25) is 5.95 Å². The predicted molar refractivity (Wildman–Crippen MR) is 126 cm³/mol. The molecule has 0 radical (unpaired) electrons. The number of hydrogen-bond acceptors (Lipinski definition) is 7. The molecular weight excluding hydrogens is 408 g/mol. The van der Waals surface area contributed by atoms with Gasteiger partial charge in [-0.05, 0) is 18.2 Å². The number of rotatable bonds is 3. The summed E-state index contributed by atoms with van der Waals surface area (Å²) >= 11 is 1.66. The quantitative estimate of drug-likeness (QED) is 0.473. The molecule has 31 heavy (non-hydrogen) atoms. The van der Waals surface area contributed by atoms with Crippen LogP contribution in [0.1, 0.15) is 0 Å². The monoisotopic (exact) mass is 430 g/mol. The summed E-state index contributed by atoms with van der Waals surface area (Å²) < 4.78 is 5.10. The van der Waals surface area contributed by atoms with Gasteiger partial charge in [0.1, 0.15) is 10.5 Å². The number of anilines is 3. The Labute approximate surface area is 183 Å². The molecule has 1 fully saturated rings. The number of imidazole rings is 1. The van der Waals surface area contributed by atoms with Crippen LogP contribution in [0.15, 0.2) is 54.9 Å². The molecule has 0 bridgehead atoms. The van der Waals surface area contributed by atoms with E-state index in [-0.39, 0.29) is 0 Å². The number of piperazine rings is 1. The Morgan fingerprint density at radius 2 is 1.74 bits per heavy atom. The zero-order chi connectivity index (χ0) is 20.9. The maximum atomic E-state index is 6.33. The maximum Gasteiger partial charge on any atom is 0.206 e. The van der Waals surface area contributed by atoms with Crippen LogP contribution in [0, 0.1) is 0 Å². The minimum atomic E-state index is 0.470. The van der Waals surface area contributed by atoms with Gasteiger partial charge in [0.05, 0.1) is 15.7 Å². The van der Waals surface area contributed by atoms with E-state index in [1.807, 2.05) is 23.0 Å². The topological polar surface area (TPSA) is 81.0 Å². The van der Waals surface area contributed by atoms with Crippen molar-refractivity contribution in [2.75, 3.05) is 41.7 Å². The van der Waals surface area contributed by atoms with Gasteiger partial charge < -0.3 is 20.1 Å². The third kappa shape index (κ3) is 2.92. The normalized spacial score (nSPS) is 14.7. The fraction of sp³-hybridized carbons (Fsp3) is 0.227. The van der Waals surface area contributed by atoms with Crippen molar-refractivity contribution in [2.24, 2.45) is 7.05 Å². The van der Waals surface area contributed by atoms with Gasteiger partial charge in [-0.1, -0.05) is 18.2 Å². The summed E-state index contributed by atoms with van der Waals surface area (Å²) in [7, 11) is 2.07. The SMILES string of the molecule is Cn1c(N2CCN(c3ccccc3)CC2)nc2c(N)nc3cc(-n4cccn4)sc3c21. The van der Waals surface area contributed by atoms with Crippen LogP contribution in [0.2, 0.25) is 0 Å². The largest absolute Gasteiger partial charge is 0.382 e. The summed E-state index contributed by atoms with van der Waals surface area (Å²) in [6, 6.07) is 14.5. The molecule has 2 N–H and O–H groups in total. The van der Waals surface area contributed by atoms with E-state index in [4.69, 9.17) is 10.7 Å². The number of fused-ring (bicyclic) bond motifs is 3. The second-order valence-electron chi connectivity index (χ2n) is 7.72. The van der Waals surface area contributed by atoms with Gasteiger partial charge in [-0.25, -0.2) is 14.6 Å². The zero-order valence-electron chi connectivity index (χ0n) is 17.1. The molecule has 6 rings (SSSR count). The Morgan fingerprint density at radius 1 is 0.968 bits per heavy atom. The number of hydrogen-bond donors (Lipinski definition) is 1. The smallest absolute Gasteiger partial charge is 0.206 e. The summed E-state index contributed by atoms with van der Waals surface area (Å²) in [4.78, 5) is 14.3. The van der Waals surface area contributed by atoms with Crippen molar-refractivity contribution in [1.29, 1.82) is 0 Å². The van der Waals surface area contributed by atoms with E-state index < -0.39 is 0 Å². The lowest BCUT2D eigenvalue weighted by molar-refractivity contribution is 0.632. The third-order valence-electron chi connectivity index (χ3n) is 5.88. The van der Waals surface area contributed by atoms with E-state index in [9.17, 15) is 0 Å². The second kappa shape index (κ2) is 6.98. The molecule has 5 aromatic rings.